The number of rotatable bonds is 4. The Kier molecular flexibility index (Phi) is 3.76. The number of hydrogen-bond donors (Lipinski definition) is 2. The van der Waals surface area contributed by atoms with E-state index in [4.69, 9.17) is 5.73 Å². The van der Waals surface area contributed by atoms with Crippen LogP contribution in [0.25, 0.3) is 0 Å². The lowest BCUT2D eigenvalue weighted by Crippen LogP contribution is -2.23. The van der Waals surface area contributed by atoms with Crippen LogP contribution in [0, 0.1) is 5.41 Å². The molecule has 0 bridgehead atoms. The Balaban J connectivity index is 2.17. The van der Waals surface area contributed by atoms with Gasteiger partial charge in [0, 0.05) is 12.8 Å². The number of hydrogen-bond acceptors (Lipinski definition) is 4. The van der Waals surface area contributed by atoms with E-state index in [1.54, 1.807) is 12.1 Å². The number of anilines is 2. The molecule has 0 saturated heterocycles. The first kappa shape index (κ1) is 14.2. The van der Waals surface area contributed by atoms with Crippen molar-refractivity contribution in [3.8, 4) is 0 Å². The molecule has 1 aliphatic carbocycles. The van der Waals surface area contributed by atoms with Crippen molar-refractivity contribution in [2.75, 3.05) is 23.9 Å². The molecule has 0 amide bonds. The highest BCUT2D eigenvalue weighted by Gasteiger charge is 2.28. The van der Waals surface area contributed by atoms with Crippen LogP contribution >= 0.6 is 0 Å². The molecule has 1 saturated carbocycles. The van der Waals surface area contributed by atoms with Crippen LogP contribution in [0.4, 0.5) is 11.4 Å². The maximum Gasteiger partial charge on any atom is 0.177 e. The summed E-state index contributed by atoms with van der Waals surface area (Å²) in [7, 11) is -3.27. The van der Waals surface area contributed by atoms with Crippen LogP contribution in [0.2, 0.25) is 0 Å². The molecular formula is C14H22N2O2S. The molecule has 106 valence electrons. The van der Waals surface area contributed by atoms with Gasteiger partial charge in [-0.2, -0.15) is 0 Å². The van der Waals surface area contributed by atoms with Crippen molar-refractivity contribution < 1.29 is 8.42 Å². The molecule has 1 fully saturated rings. The molecule has 1 aromatic carbocycles. The van der Waals surface area contributed by atoms with Crippen molar-refractivity contribution in [1.82, 2.24) is 0 Å². The summed E-state index contributed by atoms with van der Waals surface area (Å²) in [6.07, 6.45) is 6.16. The van der Waals surface area contributed by atoms with E-state index < -0.39 is 9.84 Å². The number of nitrogens with two attached hydrogens (primary N) is 1. The third-order valence-electron chi connectivity index (χ3n) is 3.98. The van der Waals surface area contributed by atoms with Crippen LogP contribution in [0.3, 0.4) is 0 Å². The summed E-state index contributed by atoms with van der Waals surface area (Å²) in [5, 5.41) is 3.32. The molecule has 19 heavy (non-hydrogen) atoms. The average molecular weight is 282 g/mol. The van der Waals surface area contributed by atoms with Crippen LogP contribution in [-0.4, -0.2) is 21.2 Å². The molecule has 2 rings (SSSR count). The van der Waals surface area contributed by atoms with E-state index in [9.17, 15) is 8.42 Å². The number of nitrogen functional groups attached to an aromatic ring is 1. The van der Waals surface area contributed by atoms with Crippen molar-refractivity contribution in [2.24, 2.45) is 5.41 Å². The van der Waals surface area contributed by atoms with Gasteiger partial charge in [0.2, 0.25) is 0 Å². The lowest BCUT2D eigenvalue weighted by Gasteiger charge is -2.25. The molecule has 5 heteroatoms. The summed E-state index contributed by atoms with van der Waals surface area (Å²) >= 11 is 0. The molecule has 0 heterocycles. The Morgan fingerprint density at radius 1 is 1.32 bits per heavy atom. The van der Waals surface area contributed by atoms with E-state index in [0.717, 1.165) is 12.2 Å². The second-order valence-corrected chi connectivity index (χ2v) is 7.85. The number of nitrogens with one attached hydrogen (secondary N) is 1. The second-order valence-electron chi connectivity index (χ2n) is 5.86. The van der Waals surface area contributed by atoms with E-state index in [0.29, 0.717) is 11.1 Å². The van der Waals surface area contributed by atoms with Gasteiger partial charge >= 0.3 is 0 Å². The smallest absolute Gasteiger partial charge is 0.177 e. The molecular weight excluding hydrogens is 260 g/mol. The van der Waals surface area contributed by atoms with Crippen LogP contribution in [0.15, 0.2) is 23.1 Å². The summed E-state index contributed by atoms with van der Waals surface area (Å²) in [4.78, 5) is 0.203. The van der Waals surface area contributed by atoms with Crippen LogP contribution in [0.5, 0.6) is 0 Å². The van der Waals surface area contributed by atoms with E-state index in [1.807, 2.05) is 6.07 Å². The van der Waals surface area contributed by atoms with Gasteiger partial charge in [0.15, 0.2) is 9.84 Å². The minimum Gasteiger partial charge on any atom is -0.396 e. The summed E-state index contributed by atoms with van der Waals surface area (Å²) in [6.45, 7) is 3.11. The summed E-state index contributed by atoms with van der Waals surface area (Å²) in [6, 6.07) is 5.11. The predicted octanol–water partition coefficient (Wildman–Crippen LogP) is 2.66. The second kappa shape index (κ2) is 5.04. The normalized spacial score (nSPS) is 18.4. The average Bonchev–Trinajstić information content (AvgIpc) is 2.74. The molecule has 4 nitrogen and oxygen atoms in total. The molecule has 3 N–H and O–H groups in total. The zero-order chi connectivity index (χ0) is 14.1. The summed E-state index contributed by atoms with van der Waals surface area (Å²) in [5.41, 5.74) is 7.30. The topological polar surface area (TPSA) is 72.2 Å². The first-order valence-electron chi connectivity index (χ1n) is 6.64. The van der Waals surface area contributed by atoms with E-state index in [2.05, 4.69) is 12.2 Å². The lowest BCUT2D eigenvalue weighted by molar-refractivity contribution is 0.362. The van der Waals surface area contributed by atoms with E-state index in [1.165, 1.54) is 31.9 Å². The number of para-hydroxylation sites is 1. The molecule has 0 aromatic heterocycles. The van der Waals surface area contributed by atoms with Gasteiger partial charge in [0.05, 0.1) is 16.3 Å². The maximum atomic E-state index is 11.6. The van der Waals surface area contributed by atoms with Gasteiger partial charge in [-0.25, -0.2) is 8.42 Å². The molecule has 0 unspecified atom stereocenters. The quantitative estimate of drug-likeness (QED) is 0.833. The van der Waals surface area contributed by atoms with Gasteiger partial charge in [0.1, 0.15) is 0 Å². The van der Waals surface area contributed by atoms with Crippen LogP contribution in [0.1, 0.15) is 32.6 Å². The standard InChI is InChI=1S/C14H22N2O2S/c1-14(8-3-4-9-14)10-16-11-6-5-7-12(13(11)15)19(2,17)18/h5-7,16H,3-4,8-10,15H2,1-2H3. The van der Waals surface area contributed by atoms with E-state index >= 15 is 0 Å². The minimum atomic E-state index is -3.27. The van der Waals surface area contributed by atoms with Crippen molar-refractivity contribution in [2.45, 2.75) is 37.5 Å². The predicted molar refractivity (Wildman–Crippen MR) is 79.0 cm³/mol. The Morgan fingerprint density at radius 3 is 2.53 bits per heavy atom. The Labute approximate surface area is 115 Å². The highest BCUT2D eigenvalue weighted by atomic mass is 32.2. The zero-order valence-electron chi connectivity index (χ0n) is 11.6. The molecule has 1 aromatic rings. The van der Waals surface area contributed by atoms with Gasteiger partial charge in [-0.05, 0) is 30.4 Å². The Bertz CT molecular complexity index is 561. The maximum absolute atomic E-state index is 11.6. The SMILES string of the molecule is CC1(CNc2cccc(S(C)(=O)=O)c2N)CCCC1. The van der Waals surface area contributed by atoms with E-state index in [-0.39, 0.29) is 4.90 Å². The van der Waals surface area contributed by atoms with Gasteiger partial charge in [-0.3, -0.25) is 0 Å². The number of sulfone groups is 1. The van der Waals surface area contributed by atoms with Crippen LogP contribution in [-0.2, 0) is 9.84 Å². The van der Waals surface area contributed by atoms with Crippen molar-refractivity contribution in [3.63, 3.8) is 0 Å². The fourth-order valence-corrected chi connectivity index (χ4v) is 3.57. The van der Waals surface area contributed by atoms with Gasteiger partial charge in [0.25, 0.3) is 0 Å². The minimum absolute atomic E-state index is 0.203. The highest BCUT2D eigenvalue weighted by Crippen LogP contribution is 2.38. The fourth-order valence-electron chi connectivity index (χ4n) is 2.74. The zero-order valence-corrected chi connectivity index (χ0v) is 12.4. The van der Waals surface area contributed by atoms with Gasteiger partial charge in [-0.1, -0.05) is 25.8 Å². The third-order valence-corrected chi connectivity index (χ3v) is 5.14. The lowest BCUT2D eigenvalue weighted by atomic mass is 9.89. The Hall–Kier alpha value is -1.23. The third kappa shape index (κ3) is 3.21. The Morgan fingerprint density at radius 2 is 1.95 bits per heavy atom. The monoisotopic (exact) mass is 282 g/mol. The molecule has 0 atom stereocenters. The molecule has 0 radical (unpaired) electrons. The first-order valence-corrected chi connectivity index (χ1v) is 8.53. The van der Waals surface area contributed by atoms with Gasteiger partial charge < -0.3 is 11.1 Å². The first-order chi connectivity index (χ1) is 8.82. The van der Waals surface area contributed by atoms with Crippen LogP contribution < -0.4 is 11.1 Å². The largest absolute Gasteiger partial charge is 0.396 e. The molecule has 0 spiro atoms. The van der Waals surface area contributed by atoms with Crippen molar-refractivity contribution in [1.29, 1.82) is 0 Å². The fraction of sp³-hybridized carbons (Fsp3) is 0.571. The summed E-state index contributed by atoms with van der Waals surface area (Å²) in [5.74, 6) is 0. The summed E-state index contributed by atoms with van der Waals surface area (Å²) < 4.78 is 23.2. The highest BCUT2D eigenvalue weighted by molar-refractivity contribution is 7.90. The van der Waals surface area contributed by atoms with Crippen molar-refractivity contribution >= 4 is 21.2 Å². The molecule has 0 aliphatic heterocycles. The van der Waals surface area contributed by atoms with Crippen molar-refractivity contribution in [3.05, 3.63) is 18.2 Å². The number of benzene rings is 1. The molecule has 1 aliphatic rings. The van der Waals surface area contributed by atoms with Gasteiger partial charge in [-0.15, -0.1) is 0 Å².